The van der Waals surface area contributed by atoms with Crippen LogP contribution in [0.3, 0.4) is 0 Å². The van der Waals surface area contributed by atoms with Gasteiger partial charge in [-0.1, -0.05) is 6.42 Å². The predicted octanol–water partition coefficient (Wildman–Crippen LogP) is 0.0993. The standard InChI is InChI=1S/C18H20N4O5/c19-9-18(14-5-4-12-11(20)6-7-21-22(12)14)16(24)15(23)13(27-18)8-26-17(25)10-2-1-3-10/h4-7,10,13,15-16,23-24H,1-3,8,20H2/t13-,15-,16-,18+/m1/s1. The van der Waals surface area contributed by atoms with Crippen molar-refractivity contribution in [2.24, 2.45) is 5.92 Å². The number of hydrogen-bond acceptors (Lipinski definition) is 8. The van der Waals surface area contributed by atoms with Crippen molar-refractivity contribution in [1.29, 1.82) is 5.26 Å². The number of aliphatic hydroxyl groups excluding tert-OH is 2. The second kappa shape index (κ2) is 6.49. The summed E-state index contributed by atoms with van der Waals surface area (Å²) in [6.07, 6.45) is 0.0710. The Kier molecular flexibility index (Phi) is 4.26. The molecule has 9 heteroatoms. The van der Waals surface area contributed by atoms with Gasteiger partial charge in [-0.05, 0) is 31.0 Å². The van der Waals surface area contributed by atoms with Gasteiger partial charge in [0, 0.05) is 6.20 Å². The van der Waals surface area contributed by atoms with Crippen molar-refractivity contribution in [1.82, 2.24) is 9.61 Å². The first kappa shape index (κ1) is 17.7. The maximum atomic E-state index is 11.9. The van der Waals surface area contributed by atoms with E-state index in [0.717, 1.165) is 19.3 Å². The molecule has 2 aliphatic rings. The molecule has 4 rings (SSSR count). The van der Waals surface area contributed by atoms with Crippen molar-refractivity contribution >= 4 is 17.2 Å². The molecule has 142 valence electrons. The van der Waals surface area contributed by atoms with Gasteiger partial charge < -0.3 is 25.4 Å². The van der Waals surface area contributed by atoms with Crippen LogP contribution in [0, 0.1) is 17.2 Å². The Morgan fingerprint density at radius 2 is 2.22 bits per heavy atom. The molecule has 1 aliphatic carbocycles. The fourth-order valence-electron chi connectivity index (χ4n) is 3.56. The first-order valence-corrected chi connectivity index (χ1v) is 8.82. The highest BCUT2D eigenvalue weighted by Crippen LogP contribution is 2.40. The largest absolute Gasteiger partial charge is 0.463 e. The van der Waals surface area contributed by atoms with Crippen molar-refractivity contribution in [2.45, 2.75) is 43.2 Å². The molecule has 2 fully saturated rings. The van der Waals surface area contributed by atoms with Gasteiger partial charge in [-0.15, -0.1) is 0 Å². The van der Waals surface area contributed by atoms with Crippen LogP contribution in [0.5, 0.6) is 0 Å². The summed E-state index contributed by atoms with van der Waals surface area (Å²) in [4.78, 5) is 11.9. The minimum Gasteiger partial charge on any atom is -0.463 e. The molecule has 0 radical (unpaired) electrons. The van der Waals surface area contributed by atoms with E-state index in [1.54, 1.807) is 18.2 Å². The summed E-state index contributed by atoms with van der Waals surface area (Å²) in [5.74, 6) is -0.459. The summed E-state index contributed by atoms with van der Waals surface area (Å²) >= 11 is 0. The van der Waals surface area contributed by atoms with Gasteiger partial charge >= 0.3 is 5.97 Å². The number of hydrogen-bond donors (Lipinski definition) is 3. The Bertz CT molecular complexity index is 918. The van der Waals surface area contributed by atoms with E-state index in [1.807, 2.05) is 6.07 Å². The first-order chi connectivity index (χ1) is 13.0. The molecular formula is C18H20N4O5. The Morgan fingerprint density at radius 3 is 2.89 bits per heavy atom. The predicted molar refractivity (Wildman–Crippen MR) is 92.1 cm³/mol. The number of anilines is 1. The van der Waals surface area contributed by atoms with E-state index in [9.17, 15) is 20.3 Å². The Labute approximate surface area is 154 Å². The quantitative estimate of drug-likeness (QED) is 0.641. The van der Waals surface area contributed by atoms with E-state index >= 15 is 0 Å². The zero-order valence-corrected chi connectivity index (χ0v) is 14.5. The molecule has 0 unspecified atom stereocenters. The summed E-state index contributed by atoms with van der Waals surface area (Å²) in [5, 5.41) is 35.0. The Balaban J connectivity index is 1.61. The summed E-state index contributed by atoms with van der Waals surface area (Å²) in [6, 6.07) is 6.80. The van der Waals surface area contributed by atoms with Gasteiger partial charge in [0.25, 0.3) is 0 Å². The summed E-state index contributed by atoms with van der Waals surface area (Å²) in [7, 11) is 0. The minimum atomic E-state index is -1.86. The molecule has 0 spiro atoms. The highest BCUT2D eigenvalue weighted by Gasteiger charge is 2.57. The zero-order valence-electron chi connectivity index (χ0n) is 14.5. The second-order valence-electron chi connectivity index (χ2n) is 7.00. The number of nitrogens with two attached hydrogens (primary N) is 1. The summed E-state index contributed by atoms with van der Waals surface area (Å²) in [5.41, 5.74) is 5.29. The van der Waals surface area contributed by atoms with Crippen LogP contribution in [0.2, 0.25) is 0 Å². The SMILES string of the molecule is N#C[C@@]1(c2ccc3c(N)ccnn23)O[C@H](COC(=O)C2CCC2)[C@@H](O)[C@H]1O. The maximum Gasteiger partial charge on any atom is 0.309 e. The van der Waals surface area contributed by atoms with Crippen LogP contribution in [-0.2, 0) is 19.9 Å². The monoisotopic (exact) mass is 372 g/mol. The van der Waals surface area contributed by atoms with E-state index in [1.165, 1.54) is 10.7 Å². The van der Waals surface area contributed by atoms with Crippen LogP contribution < -0.4 is 5.73 Å². The van der Waals surface area contributed by atoms with Gasteiger partial charge in [-0.2, -0.15) is 10.4 Å². The molecule has 2 aromatic heterocycles. The first-order valence-electron chi connectivity index (χ1n) is 8.82. The van der Waals surface area contributed by atoms with Crippen molar-refractivity contribution in [2.75, 3.05) is 12.3 Å². The molecule has 1 saturated heterocycles. The highest BCUT2D eigenvalue weighted by molar-refractivity contribution is 5.73. The molecule has 2 aromatic rings. The average molecular weight is 372 g/mol. The average Bonchev–Trinajstić information content (AvgIpc) is 3.15. The number of aromatic nitrogens is 2. The fraction of sp³-hybridized carbons (Fsp3) is 0.500. The normalized spacial score (nSPS) is 30.8. The summed E-state index contributed by atoms with van der Waals surface area (Å²) in [6.45, 7) is -0.240. The van der Waals surface area contributed by atoms with E-state index in [2.05, 4.69) is 5.10 Å². The lowest BCUT2D eigenvalue weighted by Gasteiger charge is -2.25. The molecule has 27 heavy (non-hydrogen) atoms. The number of fused-ring (bicyclic) bond motifs is 1. The topological polar surface area (TPSA) is 143 Å². The van der Waals surface area contributed by atoms with Gasteiger partial charge in [0.15, 0.2) is 0 Å². The van der Waals surface area contributed by atoms with E-state index in [-0.39, 0.29) is 24.2 Å². The van der Waals surface area contributed by atoms with Gasteiger partial charge in [0.1, 0.15) is 31.0 Å². The van der Waals surface area contributed by atoms with Crippen LogP contribution in [0.15, 0.2) is 24.4 Å². The lowest BCUT2D eigenvalue weighted by Crippen LogP contribution is -2.41. The molecule has 3 heterocycles. The smallest absolute Gasteiger partial charge is 0.309 e. The second-order valence-corrected chi connectivity index (χ2v) is 7.00. The number of ether oxygens (including phenoxy) is 2. The number of carbonyl (C=O) groups excluding carboxylic acids is 1. The third-order valence-electron chi connectivity index (χ3n) is 5.42. The number of esters is 1. The molecular weight excluding hydrogens is 352 g/mol. The van der Waals surface area contributed by atoms with Crippen molar-refractivity contribution in [3.8, 4) is 6.07 Å². The molecule has 4 atom stereocenters. The molecule has 0 bridgehead atoms. The van der Waals surface area contributed by atoms with Crippen LogP contribution in [0.1, 0.15) is 25.0 Å². The number of aliphatic hydroxyl groups is 2. The number of carbonyl (C=O) groups is 1. The fourth-order valence-corrected chi connectivity index (χ4v) is 3.56. The lowest BCUT2D eigenvalue weighted by molar-refractivity contribution is -0.158. The molecule has 0 aromatic carbocycles. The van der Waals surface area contributed by atoms with Crippen LogP contribution in [-0.4, -0.2) is 50.7 Å². The maximum absolute atomic E-state index is 11.9. The van der Waals surface area contributed by atoms with E-state index < -0.39 is 23.9 Å². The van der Waals surface area contributed by atoms with Crippen LogP contribution in [0.4, 0.5) is 5.69 Å². The molecule has 1 aliphatic heterocycles. The molecule has 1 saturated carbocycles. The van der Waals surface area contributed by atoms with Crippen molar-refractivity contribution < 1.29 is 24.5 Å². The summed E-state index contributed by atoms with van der Waals surface area (Å²) < 4.78 is 12.4. The van der Waals surface area contributed by atoms with Gasteiger partial charge in [0.05, 0.1) is 22.8 Å². The highest BCUT2D eigenvalue weighted by atomic mass is 16.6. The van der Waals surface area contributed by atoms with E-state index in [0.29, 0.717) is 11.2 Å². The van der Waals surface area contributed by atoms with Gasteiger partial charge in [0.2, 0.25) is 5.60 Å². The van der Waals surface area contributed by atoms with E-state index in [4.69, 9.17) is 15.2 Å². The third kappa shape index (κ3) is 2.65. The van der Waals surface area contributed by atoms with Gasteiger partial charge in [-0.3, -0.25) is 4.79 Å². The van der Waals surface area contributed by atoms with Crippen LogP contribution >= 0.6 is 0 Å². The number of nitriles is 1. The Hall–Kier alpha value is -2.67. The molecule has 4 N–H and O–H groups in total. The number of nitrogens with zero attached hydrogens (tertiary/aromatic N) is 3. The third-order valence-corrected chi connectivity index (χ3v) is 5.42. The molecule has 0 amide bonds. The van der Waals surface area contributed by atoms with Crippen molar-refractivity contribution in [3.63, 3.8) is 0 Å². The number of rotatable bonds is 4. The molecule has 9 nitrogen and oxygen atoms in total. The van der Waals surface area contributed by atoms with Crippen molar-refractivity contribution in [3.05, 3.63) is 30.1 Å². The van der Waals surface area contributed by atoms with Crippen LogP contribution in [0.25, 0.3) is 5.52 Å². The Morgan fingerprint density at radius 1 is 1.44 bits per heavy atom. The van der Waals surface area contributed by atoms with Gasteiger partial charge in [-0.25, -0.2) is 4.52 Å². The number of nitrogen functional groups attached to an aromatic ring is 1. The lowest BCUT2D eigenvalue weighted by atomic mass is 9.86. The minimum absolute atomic E-state index is 0.115. The zero-order chi connectivity index (χ0) is 19.2.